The smallest absolute Gasteiger partial charge is 0.263 e. The van der Waals surface area contributed by atoms with Crippen LogP contribution in [0.1, 0.15) is 45.5 Å². The summed E-state index contributed by atoms with van der Waals surface area (Å²) in [7, 11) is 0. The Morgan fingerprint density at radius 2 is 2.00 bits per heavy atom. The number of carbonyl (C=O) groups excluding carboxylic acids is 2. The quantitative estimate of drug-likeness (QED) is 0.792. The molecule has 0 bridgehead atoms. The summed E-state index contributed by atoms with van der Waals surface area (Å²) in [6, 6.07) is 3.53. The van der Waals surface area contributed by atoms with Crippen LogP contribution < -0.4 is 0 Å². The summed E-state index contributed by atoms with van der Waals surface area (Å²) in [5.41, 5.74) is 0. The minimum absolute atomic E-state index is 0.0210. The lowest BCUT2D eigenvalue weighted by molar-refractivity contribution is 0.0706. The van der Waals surface area contributed by atoms with Gasteiger partial charge in [-0.15, -0.1) is 11.3 Å². The third-order valence-electron chi connectivity index (χ3n) is 4.53. The molecule has 0 spiro atoms. The van der Waals surface area contributed by atoms with Gasteiger partial charge in [0.1, 0.15) is 0 Å². The van der Waals surface area contributed by atoms with Gasteiger partial charge in [-0.1, -0.05) is 0 Å². The summed E-state index contributed by atoms with van der Waals surface area (Å²) >= 11 is 1.30. The van der Waals surface area contributed by atoms with E-state index in [9.17, 15) is 9.59 Å². The van der Waals surface area contributed by atoms with E-state index in [1.165, 1.54) is 24.7 Å². The molecule has 0 saturated carbocycles. The molecule has 1 atom stereocenters. The first-order valence-electron chi connectivity index (χ1n) is 8.37. The van der Waals surface area contributed by atoms with Gasteiger partial charge in [-0.2, -0.15) is 0 Å². The predicted molar refractivity (Wildman–Crippen MR) is 90.3 cm³/mol. The zero-order valence-electron chi connectivity index (χ0n) is 13.6. The number of carbonyl (C=O) groups is 2. The molecular weight excluding hydrogens is 312 g/mol. The topological polar surface area (TPSA) is 49.9 Å². The van der Waals surface area contributed by atoms with Crippen molar-refractivity contribution >= 4 is 23.0 Å². The maximum absolute atomic E-state index is 12.6. The zero-order chi connectivity index (χ0) is 16.2. The molecule has 2 fully saturated rings. The highest BCUT2D eigenvalue weighted by molar-refractivity contribution is 7.15. The van der Waals surface area contributed by atoms with Crippen molar-refractivity contribution in [2.24, 2.45) is 0 Å². The molecule has 0 radical (unpaired) electrons. The van der Waals surface area contributed by atoms with Crippen LogP contribution in [0, 0.1) is 0 Å². The van der Waals surface area contributed by atoms with Crippen molar-refractivity contribution in [2.75, 3.05) is 39.3 Å². The van der Waals surface area contributed by atoms with E-state index >= 15 is 0 Å². The van der Waals surface area contributed by atoms with Crippen LogP contribution in [0.3, 0.4) is 0 Å². The van der Waals surface area contributed by atoms with Gasteiger partial charge in [0.05, 0.1) is 15.9 Å². The summed E-state index contributed by atoms with van der Waals surface area (Å²) < 4.78 is 5.71. The van der Waals surface area contributed by atoms with E-state index in [2.05, 4.69) is 4.90 Å². The Morgan fingerprint density at radius 1 is 1.17 bits per heavy atom. The molecule has 0 unspecified atom stereocenters. The van der Waals surface area contributed by atoms with Crippen molar-refractivity contribution in [3.05, 3.63) is 21.9 Å². The molecule has 0 N–H and O–H groups in total. The molecular formula is C17H24N2O3S. The van der Waals surface area contributed by atoms with Crippen molar-refractivity contribution in [3.8, 4) is 0 Å². The van der Waals surface area contributed by atoms with E-state index < -0.39 is 0 Å². The Labute approximate surface area is 141 Å². The Kier molecular flexibility index (Phi) is 5.46. The molecule has 2 aliphatic rings. The van der Waals surface area contributed by atoms with Crippen molar-refractivity contribution in [1.29, 1.82) is 0 Å². The van der Waals surface area contributed by atoms with Crippen molar-refractivity contribution in [1.82, 2.24) is 9.80 Å². The first kappa shape index (κ1) is 16.6. The monoisotopic (exact) mass is 336 g/mol. The molecule has 126 valence electrons. The summed E-state index contributed by atoms with van der Waals surface area (Å²) in [6.07, 6.45) is 3.68. The van der Waals surface area contributed by atoms with Crippen LogP contribution in [0.4, 0.5) is 0 Å². The average Bonchev–Trinajstić information content (AvgIpc) is 3.16. The van der Waals surface area contributed by atoms with Gasteiger partial charge in [0.2, 0.25) is 0 Å². The second-order valence-electron chi connectivity index (χ2n) is 6.30. The maximum Gasteiger partial charge on any atom is 0.263 e. The minimum Gasteiger partial charge on any atom is -0.377 e. The lowest BCUT2D eigenvalue weighted by Crippen LogP contribution is -2.37. The second-order valence-corrected chi connectivity index (χ2v) is 7.39. The molecule has 3 rings (SSSR count). The van der Waals surface area contributed by atoms with E-state index in [0.29, 0.717) is 15.9 Å². The third-order valence-corrected chi connectivity index (χ3v) is 5.70. The molecule has 1 aromatic heterocycles. The van der Waals surface area contributed by atoms with Crippen LogP contribution in [-0.4, -0.2) is 66.9 Å². The van der Waals surface area contributed by atoms with Gasteiger partial charge in [0, 0.05) is 32.8 Å². The molecule has 2 aliphatic heterocycles. The highest BCUT2D eigenvalue weighted by Gasteiger charge is 2.24. The molecule has 2 saturated heterocycles. The van der Waals surface area contributed by atoms with E-state index in [1.807, 2.05) is 4.90 Å². The number of nitrogens with zero attached hydrogens (tertiary/aromatic N) is 2. The summed E-state index contributed by atoms with van der Waals surface area (Å²) in [4.78, 5) is 29.7. The van der Waals surface area contributed by atoms with Gasteiger partial charge in [-0.05, 0) is 44.9 Å². The van der Waals surface area contributed by atoms with Crippen molar-refractivity contribution in [2.45, 2.75) is 32.3 Å². The van der Waals surface area contributed by atoms with E-state index in [1.54, 1.807) is 12.1 Å². The highest BCUT2D eigenvalue weighted by Crippen LogP contribution is 2.20. The first-order valence-corrected chi connectivity index (χ1v) is 9.19. The number of Topliss-reactive ketones (excluding diaryl/α,β-unsaturated/α-hetero) is 1. The number of rotatable bonds is 4. The van der Waals surface area contributed by atoms with Crippen LogP contribution in [-0.2, 0) is 4.74 Å². The zero-order valence-corrected chi connectivity index (χ0v) is 14.4. The lowest BCUT2D eigenvalue weighted by atomic mass is 10.2. The molecule has 0 aliphatic carbocycles. The molecule has 3 heterocycles. The summed E-state index contributed by atoms with van der Waals surface area (Å²) in [5, 5.41) is 0. The van der Waals surface area contributed by atoms with Gasteiger partial charge in [0.15, 0.2) is 5.78 Å². The molecule has 1 aromatic rings. The molecule has 23 heavy (non-hydrogen) atoms. The van der Waals surface area contributed by atoms with Gasteiger partial charge in [0.25, 0.3) is 5.91 Å². The fraction of sp³-hybridized carbons (Fsp3) is 0.647. The Morgan fingerprint density at radius 3 is 2.70 bits per heavy atom. The number of thiophene rings is 1. The van der Waals surface area contributed by atoms with Crippen LogP contribution in [0.15, 0.2) is 12.1 Å². The summed E-state index contributed by atoms with van der Waals surface area (Å²) in [6.45, 7) is 6.86. The maximum atomic E-state index is 12.6. The Hall–Kier alpha value is -1.24. The molecule has 6 heteroatoms. The van der Waals surface area contributed by atoms with Gasteiger partial charge < -0.3 is 9.64 Å². The molecule has 5 nitrogen and oxygen atoms in total. The fourth-order valence-corrected chi connectivity index (χ4v) is 4.10. The number of ether oxygens (including phenoxy) is 1. The number of hydrogen-bond donors (Lipinski definition) is 0. The third kappa shape index (κ3) is 4.19. The fourth-order valence-electron chi connectivity index (χ4n) is 3.23. The van der Waals surface area contributed by atoms with Crippen molar-refractivity contribution < 1.29 is 14.3 Å². The minimum atomic E-state index is 0.0210. The first-order chi connectivity index (χ1) is 11.1. The van der Waals surface area contributed by atoms with Gasteiger partial charge in [-0.25, -0.2) is 0 Å². The Bertz CT molecular complexity index is 566. The lowest BCUT2D eigenvalue weighted by Gasteiger charge is -2.23. The normalized spacial score (nSPS) is 23.0. The standard InChI is InChI=1S/C17H24N2O3S/c1-13(20)15-5-6-16(23-15)17(21)19-8-3-7-18(9-10-19)12-14-4-2-11-22-14/h5-6,14H,2-4,7-12H2,1H3/t14-/m0/s1. The number of hydrogen-bond acceptors (Lipinski definition) is 5. The van der Waals surface area contributed by atoms with E-state index in [4.69, 9.17) is 4.74 Å². The van der Waals surface area contributed by atoms with Crippen molar-refractivity contribution in [3.63, 3.8) is 0 Å². The summed E-state index contributed by atoms with van der Waals surface area (Å²) in [5.74, 6) is 0.0779. The largest absolute Gasteiger partial charge is 0.377 e. The van der Waals surface area contributed by atoms with Crippen LogP contribution in [0.25, 0.3) is 0 Å². The number of amides is 1. The molecule has 1 amide bonds. The van der Waals surface area contributed by atoms with E-state index in [-0.39, 0.29) is 11.7 Å². The van der Waals surface area contributed by atoms with E-state index in [0.717, 1.165) is 52.2 Å². The number of ketones is 1. The second kappa shape index (κ2) is 7.55. The van der Waals surface area contributed by atoms with Gasteiger partial charge >= 0.3 is 0 Å². The van der Waals surface area contributed by atoms with Crippen LogP contribution in [0.5, 0.6) is 0 Å². The van der Waals surface area contributed by atoms with Gasteiger partial charge in [-0.3, -0.25) is 14.5 Å². The van der Waals surface area contributed by atoms with Crippen LogP contribution >= 0.6 is 11.3 Å². The predicted octanol–water partition coefficient (Wildman–Crippen LogP) is 2.28. The average molecular weight is 336 g/mol. The van der Waals surface area contributed by atoms with Crippen LogP contribution in [0.2, 0.25) is 0 Å². The SMILES string of the molecule is CC(=O)c1ccc(C(=O)N2CCCN(C[C@@H]3CCCO3)CC2)s1. The molecule has 0 aromatic carbocycles. The highest BCUT2D eigenvalue weighted by atomic mass is 32.1. The Balaban J connectivity index is 1.56.